The second-order valence-electron chi connectivity index (χ2n) is 5.71. The summed E-state index contributed by atoms with van der Waals surface area (Å²) in [5.41, 5.74) is 7.10. The van der Waals surface area contributed by atoms with Crippen LogP contribution in [0.2, 0.25) is 0 Å². The molecule has 7 heteroatoms. The number of primary amides is 1. The van der Waals surface area contributed by atoms with Gasteiger partial charge in [0.15, 0.2) is 0 Å². The fraction of sp³-hybridized carbons (Fsp3) is 0.316. The maximum absolute atomic E-state index is 10.7. The molecule has 7 nitrogen and oxygen atoms in total. The van der Waals surface area contributed by atoms with Gasteiger partial charge in [-0.25, -0.2) is 9.86 Å². The molecule has 0 radical (unpaired) electrons. The number of hydrogen-bond donors (Lipinski definition) is 3. The standard InChI is InChI=1S/C19H25N3O4/c1-25-17-8-6-15(7-9-17)14-26-18-5-3-2-4-16(18)10-11-21-12-13-22(24)19(20)23/h2-9,21,24H,10-14H2,1H3,(H2,20,23). The Balaban J connectivity index is 1.80. The van der Waals surface area contributed by atoms with Gasteiger partial charge in [0, 0.05) is 6.54 Å². The summed E-state index contributed by atoms with van der Waals surface area (Å²) < 4.78 is 11.1. The molecule has 0 atom stereocenters. The number of nitrogens with zero attached hydrogens (tertiary/aromatic N) is 1. The van der Waals surface area contributed by atoms with E-state index in [1.807, 2.05) is 48.5 Å². The van der Waals surface area contributed by atoms with Crippen molar-refractivity contribution in [2.24, 2.45) is 5.73 Å². The van der Waals surface area contributed by atoms with E-state index in [2.05, 4.69) is 5.32 Å². The monoisotopic (exact) mass is 359 g/mol. The SMILES string of the molecule is COc1ccc(COc2ccccc2CCNCCN(O)C(N)=O)cc1. The Kier molecular flexibility index (Phi) is 7.73. The fourth-order valence-corrected chi connectivity index (χ4v) is 2.38. The summed E-state index contributed by atoms with van der Waals surface area (Å²) in [4.78, 5) is 10.7. The summed E-state index contributed by atoms with van der Waals surface area (Å²) in [7, 11) is 1.64. The third-order valence-corrected chi connectivity index (χ3v) is 3.85. The molecule has 140 valence electrons. The van der Waals surface area contributed by atoms with E-state index in [4.69, 9.17) is 15.2 Å². The molecule has 2 aromatic rings. The molecule has 4 N–H and O–H groups in total. The number of nitrogens with one attached hydrogen (secondary N) is 1. The third-order valence-electron chi connectivity index (χ3n) is 3.85. The number of para-hydroxylation sites is 1. The number of methoxy groups -OCH3 is 1. The van der Waals surface area contributed by atoms with Gasteiger partial charge in [0.05, 0.1) is 13.7 Å². The number of benzene rings is 2. The van der Waals surface area contributed by atoms with Crippen LogP contribution >= 0.6 is 0 Å². The summed E-state index contributed by atoms with van der Waals surface area (Å²) in [6.45, 7) is 1.77. The van der Waals surface area contributed by atoms with Gasteiger partial charge in [0.2, 0.25) is 0 Å². The second kappa shape index (κ2) is 10.3. The molecule has 0 saturated heterocycles. The van der Waals surface area contributed by atoms with Gasteiger partial charge in [-0.15, -0.1) is 0 Å². The molecule has 0 fully saturated rings. The van der Waals surface area contributed by atoms with E-state index in [1.165, 1.54) is 0 Å². The molecule has 2 rings (SSSR count). The van der Waals surface area contributed by atoms with Crippen molar-refractivity contribution >= 4 is 6.03 Å². The Morgan fingerprint density at radius 2 is 1.88 bits per heavy atom. The smallest absolute Gasteiger partial charge is 0.338 e. The van der Waals surface area contributed by atoms with Gasteiger partial charge in [-0.05, 0) is 42.3 Å². The largest absolute Gasteiger partial charge is 0.497 e. The maximum Gasteiger partial charge on any atom is 0.338 e. The van der Waals surface area contributed by atoms with E-state index < -0.39 is 6.03 Å². The lowest BCUT2D eigenvalue weighted by Gasteiger charge is -2.14. The first-order valence-electron chi connectivity index (χ1n) is 8.40. The minimum Gasteiger partial charge on any atom is -0.497 e. The molecular weight excluding hydrogens is 334 g/mol. The Labute approximate surface area is 153 Å². The third kappa shape index (κ3) is 6.27. The first kappa shape index (κ1) is 19.6. The Bertz CT molecular complexity index is 691. The molecule has 0 aliphatic heterocycles. The van der Waals surface area contributed by atoms with Gasteiger partial charge in [-0.2, -0.15) is 0 Å². The highest BCUT2D eigenvalue weighted by Gasteiger charge is 2.06. The molecule has 0 aliphatic rings. The minimum absolute atomic E-state index is 0.144. The summed E-state index contributed by atoms with van der Waals surface area (Å²) in [5, 5.41) is 12.8. The number of ether oxygens (including phenoxy) is 2. The average Bonchev–Trinajstić information content (AvgIpc) is 2.67. The van der Waals surface area contributed by atoms with Crippen molar-refractivity contribution < 1.29 is 19.5 Å². The van der Waals surface area contributed by atoms with E-state index in [0.717, 1.165) is 29.0 Å². The van der Waals surface area contributed by atoms with Crippen molar-refractivity contribution in [1.82, 2.24) is 10.4 Å². The van der Waals surface area contributed by atoms with Crippen molar-refractivity contribution in [2.75, 3.05) is 26.7 Å². The van der Waals surface area contributed by atoms with Gasteiger partial charge in [-0.1, -0.05) is 30.3 Å². The van der Waals surface area contributed by atoms with Crippen molar-refractivity contribution in [3.8, 4) is 11.5 Å². The Hall–Kier alpha value is -2.77. The van der Waals surface area contributed by atoms with Crippen LogP contribution in [0, 0.1) is 0 Å². The molecule has 0 spiro atoms. The number of carbonyl (C=O) groups excluding carboxylic acids is 1. The van der Waals surface area contributed by atoms with Crippen LogP contribution in [0.25, 0.3) is 0 Å². The van der Waals surface area contributed by atoms with E-state index in [9.17, 15) is 10.0 Å². The van der Waals surface area contributed by atoms with Crippen LogP contribution in [0.3, 0.4) is 0 Å². The van der Waals surface area contributed by atoms with Gasteiger partial charge < -0.3 is 20.5 Å². The van der Waals surface area contributed by atoms with E-state index >= 15 is 0 Å². The Morgan fingerprint density at radius 3 is 2.58 bits per heavy atom. The molecule has 0 unspecified atom stereocenters. The number of hydroxylamine groups is 2. The second-order valence-corrected chi connectivity index (χ2v) is 5.71. The number of hydrogen-bond acceptors (Lipinski definition) is 5. The van der Waals surface area contributed by atoms with Crippen LogP contribution in [-0.4, -0.2) is 43.0 Å². The quantitative estimate of drug-likeness (QED) is 0.343. The van der Waals surface area contributed by atoms with Crippen LogP contribution in [0.4, 0.5) is 4.79 Å². The first-order chi connectivity index (χ1) is 12.6. The van der Waals surface area contributed by atoms with Crippen molar-refractivity contribution in [3.05, 3.63) is 59.7 Å². The highest BCUT2D eigenvalue weighted by atomic mass is 16.5. The number of carbonyl (C=O) groups is 1. The molecule has 0 bridgehead atoms. The molecule has 0 saturated carbocycles. The predicted molar refractivity (Wildman–Crippen MR) is 98.4 cm³/mol. The zero-order chi connectivity index (χ0) is 18.8. The number of amides is 2. The zero-order valence-electron chi connectivity index (χ0n) is 14.9. The van der Waals surface area contributed by atoms with Gasteiger partial charge >= 0.3 is 6.03 Å². The lowest BCUT2D eigenvalue weighted by molar-refractivity contribution is -0.0378. The summed E-state index contributed by atoms with van der Waals surface area (Å²) in [6.07, 6.45) is 0.765. The molecule has 0 aromatic heterocycles. The molecule has 0 aliphatic carbocycles. The lowest BCUT2D eigenvalue weighted by Crippen LogP contribution is -2.38. The number of rotatable bonds is 10. The van der Waals surface area contributed by atoms with Crippen LogP contribution in [-0.2, 0) is 13.0 Å². The molecule has 2 aromatic carbocycles. The van der Waals surface area contributed by atoms with Crippen molar-refractivity contribution in [2.45, 2.75) is 13.0 Å². The highest BCUT2D eigenvalue weighted by Crippen LogP contribution is 2.20. The van der Waals surface area contributed by atoms with Gasteiger partial charge in [0.1, 0.15) is 18.1 Å². The Morgan fingerprint density at radius 1 is 1.15 bits per heavy atom. The van der Waals surface area contributed by atoms with Crippen molar-refractivity contribution in [3.63, 3.8) is 0 Å². The molecule has 0 heterocycles. The normalized spacial score (nSPS) is 10.4. The van der Waals surface area contributed by atoms with Gasteiger partial charge in [0.25, 0.3) is 0 Å². The maximum atomic E-state index is 10.7. The average molecular weight is 359 g/mol. The molecular formula is C19H25N3O4. The summed E-state index contributed by atoms with van der Waals surface area (Å²) in [5.74, 6) is 1.66. The summed E-state index contributed by atoms with van der Waals surface area (Å²) in [6, 6.07) is 14.8. The first-order valence-corrected chi connectivity index (χ1v) is 8.40. The molecule has 2 amide bonds. The summed E-state index contributed by atoms with van der Waals surface area (Å²) >= 11 is 0. The lowest BCUT2D eigenvalue weighted by atomic mass is 10.1. The zero-order valence-corrected chi connectivity index (χ0v) is 14.9. The minimum atomic E-state index is -0.857. The topological polar surface area (TPSA) is 97.1 Å². The van der Waals surface area contributed by atoms with E-state index in [0.29, 0.717) is 24.8 Å². The molecule has 26 heavy (non-hydrogen) atoms. The number of urea groups is 1. The van der Waals surface area contributed by atoms with Gasteiger partial charge in [-0.3, -0.25) is 5.21 Å². The van der Waals surface area contributed by atoms with Crippen LogP contribution < -0.4 is 20.5 Å². The van der Waals surface area contributed by atoms with E-state index in [1.54, 1.807) is 7.11 Å². The predicted octanol–water partition coefficient (Wildman–Crippen LogP) is 2.18. The van der Waals surface area contributed by atoms with Crippen LogP contribution in [0.5, 0.6) is 11.5 Å². The highest BCUT2D eigenvalue weighted by molar-refractivity contribution is 5.70. The van der Waals surface area contributed by atoms with Crippen LogP contribution in [0.15, 0.2) is 48.5 Å². The van der Waals surface area contributed by atoms with Crippen LogP contribution in [0.1, 0.15) is 11.1 Å². The fourth-order valence-electron chi connectivity index (χ4n) is 2.38. The van der Waals surface area contributed by atoms with Crippen molar-refractivity contribution in [1.29, 1.82) is 0 Å². The number of nitrogens with two attached hydrogens (primary N) is 1. The van der Waals surface area contributed by atoms with E-state index in [-0.39, 0.29) is 6.54 Å².